The normalized spacial score (nSPS) is 10.3. The Bertz CT molecular complexity index is 540. The second-order valence-corrected chi connectivity index (χ2v) is 5.49. The molecule has 0 fully saturated rings. The Balaban J connectivity index is 1.91. The van der Waals surface area contributed by atoms with Crippen molar-refractivity contribution in [1.82, 2.24) is 5.32 Å². The molecule has 0 aliphatic heterocycles. The van der Waals surface area contributed by atoms with Crippen LogP contribution in [0.2, 0.25) is 0 Å². The quantitative estimate of drug-likeness (QED) is 0.907. The Kier molecular flexibility index (Phi) is 4.38. The summed E-state index contributed by atoms with van der Waals surface area (Å²) >= 11 is 4.87. The lowest BCUT2D eigenvalue weighted by Crippen LogP contribution is -2.25. The van der Waals surface area contributed by atoms with E-state index in [4.69, 9.17) is 0 Å². The van der Waals surface area contributed by atoms with E-state index in [1.165, 1.54) is 11.6 Å². The number of carbonyl (C=O) groups is 1. The number of rotatable bonds is 4. The van der Waals surface area contributed by atoms with Crippen LogP contribution in [0.5, 0.6) is 5.75 Å². The second kappa shape index (κ2) is 6.02. The number of halogens is 1. The fourth-order valence-corrected chi connectivity index (χ4v) is 2.60. The molecule has 0 unspecified atom stereocenters. The minimum atomic E-state index is -0.254. The fourth-order valence-electron chi connectivity index (χ4n) is 1.55. The number of phenols is 1. The number of aromatic hydroxyl groups is 1. The molecule has 0 radical (unpaired) electrons. The van der Waals surface area contributed by atoms with Crippen molar-refractivity contribution >= 4 is 33.2 Å². The maximum absolute atomic E-state index is 11.8. The van der Waals surface area contributed by atoms with E-state index in [0.717, 1.165) is 10.9 Å². The van der Waals surface area contributed by atoms with Gasteiger partial charge >= 0.3 is 0 Å². The molecule has 5 heteroatoms. The number of amides is 1. The number of benzene rings is 1. The summed E-state index contributed by atoms with van der Waals surface area (Å²) in [4.78, 5) is 11.8. The highest BCUT2D eigenvalue weighted by molar-refractivity contribution is 9.10. The van der Waals surface area contributed by atoms with Crippen molar-refractivity contribution in [2.24, 2.45) is 0 Å². The first kappa shape index (κ1) is 13.1. The summed E-state index contributed by atoms with van der Waals surface area (Å²) < 4.78 is 0.745. The van der Waals surface area contributed by atoms with E-state index in [1.807, 2.05) is 11.4 Å². The zero-order valence-corrected chi connectivity index (χ0v) is 11.9. The Labute approximate surface area is 118 Å². The number of nitrogens with one attached hydrogen (secondary N) is 1. The zero-order chi connectivity index (χ0) is 13.0. The summed E-state index contributed by atoms with van der Waals surface area (Å²) in [6, 6.07) is 6.87. The molecule has 94 valence electrons. The van der Waals surface area contributed by atoms with Gasteiger partial charge in [-0.05, 0) is 47.0 Å². The molecule has 3 nitrogen and oxygen atoms in total. The van der Waals surface area contributed by atoms with Crippen molar-refractivity contribution in [1.29, 1.82) is 0 Å². The summed E-state index contributed by atoms with van der Waals surface area (Å²) in [5.41, 5.74) is 1.50. The van der Waals surface area contributed by atoms with E-state index >= 15 is 0 Å². The van der Waals surface area contributed by atoms with E-state index in [2.05, 4.69) is 26.6 Å². The standard InChI is InChI=1S/C13H12BrNO2S/c14-10-1-2-11(12(16)7-10)13(17)15-5-3-9-4-6-18-8-9/h1-2,4,6-8,16H,3,5H2,(H,15,17). The molecular formula is C13H12BrNO2S. The van der Waals surface area contributed by atoms with Crippen LogP contribution in [0.1, 0.15) is 15.9 Å². The van der Waals surface area contributed by atoms with Gasteiger partial charge in [0.1, 0.15) is 5.75 Å². The zero-order valence-electron chi connectivity index (χ0n) is 9.52. The Morgan fingerprint density at radius 1 is 1.39 bits per heavy atom. The van der Waals surface area contributed by atoms with Crippen LogP contribution in [-0.2, 0) is 6.42 Å². The van der Waals surface area contributed by atoms with Gasteiger partial charge in [-0.15, -0.1) is 0 Å². The Morgan fingerprint density at radius 2 is 2.22 bits per heavy atom. The third-order valence-electron chi connectivity index (χ3n) is 2.48. The predicted octanol–water partition coefficient (Wildman–Crippen LogP) is 3.19. The van der Waals surface area contributed by atoms with Crippen molar-refractivity contribution in [2.45, 2.75) is 6.42 Å². The van der Waals surface area contributed by atoms with Crippen molar-refractivity contribution in [3.63, 3.8) is 0 Å². The average molecular weight is 326 g/mol. The Morgan fingerprint density at radius 3 is 2.89 bits per heavy atom. The van der Waals surface area contributed by atoms with Gasteiger partial charge in [0.05, 0.1) is 5.56 Å². The van der Waals surface area contributed by atoms with Crippen LogP contribution in [0.4, 0.5) is 0 Å². The molecule has 0 spiro atoms. The average Bonchev–Trinajstić information content (AvgIpc) is 2.81. The molecule has 0 saturated heterocycles. The Hall–Kier alpha value is -1.33. The molecule has 2 aromatic rings. The predicted molar refractivity (Wildman–Crippen MR) is 76.2 cm³/mol. The monoisotopic (exact) mass is 325 g/mol. The molecule has 0 atom stereocenters. The first-order valence-electron chi connectivity index (χ1n) is 5.44. The highest BCUT2D eigenvalue weighted by Gasteiger charge is 2.10. The van der Waals surface area contributed by atoms with Crippen LogP contribution in [0.25, 0.3) is 0 Å². The van der Waals surface area contributed by atoms with Crippen LogP contribution < -0.4 is 5.32 Å². The number of hydrogen-bond donors (Lipinski definition) is 2. The van der Waals surface area contributed by atoms with Crippen LogP contribution >= 0.6 is 27.3 Å². The molecular weight excluding hydrogens is 314 g/mol. The van der Waals surface area contributed by atoms with Gasteiger partial charge in [0.15, 0.2) is 0 Å². The highest BCUT2D eigenvalue weighted by Crippen LogP contribution is 2.22. The smallest absolute Gasteiger partial charge is 0.255 e. The van der Waals surface area contributed by atoms with Gasteiger partial charge in [0, 0.05) is 11.0 Å². The summed E-state index contributed by atoms with van der Waals surface area (Å²) in [5.74, 6) is -0.271. The van der Waals surface area contributed by atoms with Crippen molar-refractivity contribution in [2.75, 3.05) is 6.54 Å². The second-order valence-electron chi connectivity index (χ2n) is 3.80. The maximum Gasteiger partial charge on any atom is 0.255 e. The van der Waals surface area contributed by atoms with Crippen LogP contribution in [-0.4, -0.2) is 17.6 Å². The molecule has 1 aromatic heterocycles. The molecule has 0 aliphatic rings. The highest BCUT2D eigenvalue weighted by atomic mass is 79.9. The molecule has 1 aromatic carbocycles. The minimum absolute atomic E-state index is 0.0163. The lowest BCUT2D eigenvalue weighted by Gasteiger charge is -2.06. The van der Waals surface area contributed by atoms with E-state index in [0.29, 0.717) is 12.1 Å². The minimum Gasteiger partial charge on any atom is -0.507 e. The summed E-state index contributed by atoms with van der Waals surface area (Å²) in [7, 11) is 0. The number of phenolic OH excluding ortho intramolecular Hbond substituents is 1. The van der Waals surface area contributed by atoms with Gasteiger partial charge in [0.25, 0.3) is 5.91 Å². The van der Waals surface area contributed by atoms with Gasteiger partial charge in [-0.2, -0.15) is 11.3 Å². The number of carbonyl (C=O) groups excluding carboxylic acids is 1. The van der Waals surface area contributed by atoms with Crippen LogP contribution in [0.3, 0.4) is 0 Å². The van der Waals surface area contributed by atoms with Crippen LogP contribution in [0.15, 0.2) is 39.5 Å². The lowest BCUT2D eigenvalue weighted by molar-refractivity contribution is 0.0951. The van der Waals surface area contributed by atoms with Crippen molar-refractivity contribution in [3.8, 4) is 5.75 Å². The number of thiophene rings is 1. The van der Waals surface area contributed by atoms with E-state index < -0.39 is 0 Å². The third kappa shape index (κ3) is 3.34. The number of hydrogen-bond acceptors (Lipinski definition) is 3. The molecule has 1 amide bonds. The van der Waals surface area contributed by atoms with Gasteiger partial charge in [-0.25, -0.2) is 0 Å². The molecule has 1 heterocycles. The van der Waals surface area contributed by atoms with Gasteiger partial charge in [-0.3, -0.25) is 4.79 Å². The molecule has 2 rings (SSSR count). The fraction of sp³-hybridized carbons (Fsp3) is 0.154. The third-order valence-corrected chi connectivity index (χ3v) is 3.71. The first-order valence-corrected chi connectivity index (χ1v) is 7.18. The molecule has 2 N–H and O–H groups in total. The summed E-state index contributed by atoms with van der Waals surface area (Å²) in [5, 5.41) is 16.5. The molecule has 0 saturated carbocycles. The lowest BCUT2D eigenvalue weighted by atomic mass is 10.2. The first-order chi connectivity index (χ1) is 8.66. The molecule has 0 aliphatic carbocycles. The van der Waals surface area contributed by atoms with Crippen molar-refractivity contribution < 1.29 is 9.90 Å². The molecule has 18 heavy (non-hydrogen) atoms. The van der Waals surface area contributed by atoms with Gasteiger partial charge in [-0.1, -0.05) is 15.9 Å². The summed E-state index contributed by atoms with van der Waals surface area (Å²) in [6.07, 6.45) is 0.798. The van der Waals surface area contributed by atoms with Crippen molar-refractivity contribution in [3.05, 3.63) is 50.6 Å². The largest absolute Gasteiger partial charge is 0.507 e. The van der Waals surface area contributed by atoms with E-state index in [-0.39, 0.29) is 11.7 Å². The van der Waals surface area contributed by atoms with Crippen LogP contribution in [0, 0.1) is 0 Å². The summed E-state index contributed by atoms with van der Waals surface area (Å²) in [6.45, 7) is 0.561. The topological polar surface area (TPSA) is 49.3 Å². The molecule has 0 bridgehead atoms. The maximum atomic E-state index is 11.8. The van der Waals surface area contributed by atoms with Gasteiger partial charge in [0.2, 0.25) is 0 Å². The van der Waals surface area contributed by atoms with E-state index in [9.17, 15) is 9.90 Å². The van der Waals surface area contributed by atoms with Gasteiger partial charge < -0.3 is 10.4 Å². The van der Waals surface area contributed by atoms with E-state index in [1.54, 1.807) is 23.5 Å². The SMILES string of the molecule is O=C(NCCc1ccsc1)c1ccc(Br)cc1O.